The average molecular weight is 313 g/mol. The lowest BCUT2D eigenvalue weighted by molar-refractivity contribution is 0.121. The van der Waals surface area contributed by atoms with Gasteiger partial charge in [-0.15, -0.1) is 11.6 Å². The third-order valence-electron chi connectivity index (χ3n) is 3.15. The van der Waals surface area contributed by atoms with Crippen LogP contribution >= 0.6 is 11.6 Å². The predicted molar refractivity (Wildman–Crippen MR) is 73.3 cm³/mol. The number of alkyl halides is 1. The van der Waals surface area contributed by atoms with Gasteiger partial charge in [-0.1, -0.05) is 12.8 Å². The summed E-state index contributed by atoms with van der Waals surface area (Å²) >= 11 is 5.92. The summed E-state index contributed by atoms with van der Waals surface area (Å²) in [5.41, 5.74) is -0.196. The van der Waals surface area contributed by atoms with E-state index in [1.165, 1.54) is 0 Å². The van der Waals surface area contributed by atoms with Crippen molar-refractivity contribution in [2.45, 2.75) is 45.6 Å². The van der Waals surface area contributed by atoms with E-state index in [0.29, 0.717) is 5.88 Å². The van der Waals surface area contributed by atoms with Crippen LogP contribution in [0.2, 0.25) is 0 Å². The second-order valence-electron chi connectivity index (χ2n) is 5.22. The monoisotopic (exact) mass is 312 g/mol. The van der Waals surface area contributed by atoms with Crippen LogP contribution in [0.4, 0.5) is 4.79 Å². The third-order valence-corrected chi connectivity index (χ3v) is 4.67. The van der Waals surface area contributed by atoms with E-state index >= 15 is 0 Å². The van der Waals surface area contributed by atoms with Crippen LogP contribution < -0.4 is 9.44 Å². The molecule has 0 spiro atoms. The van der Waals surface area contributed by atoms with Gasteiger partial charge in [-0.3, -0.25) is 0 Å². The van der Waals surface area contributed by atoms with Gasteiger partial charge in [0.15, 0.2) is 0 Å². The number of halogens is 1. The molecular formula is C11H21ClN2O4S. The van der Waals surface area contributed by atoms with Crippen LogP contribution in [-0.2, 0) is 14.9 Å². The van der Waals surface area contributed by atoms with Crippen molar-refractivity contribution in [3.63, 3.8) is 0 Å². The fraction of sp³-hybridized carbons (Fsp3) is 0.909. The van der Waals surface area contributed by atoms with Crippen LogP contribution in [0.1, 0.15) is 39.5 Å². The zero-order valence-electron chi connectivity index (χ0n) is 11.2. The minimum absolute atomic E-state index is 0.196. The second-order valence-corrected chi connectivity index (χ2v) is 6.99. The van der Waals surface area contributed by atoms with Crippen LogP contribution in [0.25, 0.3) is 0 Å². The van der Waals surface area contributed by atoms with Crippen LogP contribution in [0.5, 0.6) is 0 Å². The topological polar surface area (TPSA) is 84.5 Å². The van der Waals surface area contributed by atoms with Crippen molar-refractivity contribution < 1.29 is 17.9 Å². The molecule has 0 unspecified atom stereocenters. The van der Waals surface area contributed by atoms with Crippen molar-refractivity contribution >= 4 is 27.9 Å². The molecule has 1 fully saturated rings. The first kappa shape index (κ1) is 16.5. The Morgan fingerprint density at radius 1 is 1.37 bits per heavy atom. The lowest BCUT2D eigenvalue weighted by atomic mass is 9.89. The normalized spacial score (nSPS) is 18.5. The van der Waals surface area contributed by atoms with Crippen molar-refractivity contribution in [2.75, 3.05) is 12.4 Å². The van der Waals surface area contributed by atoms with Crippen LogP contribution in [0.3, 0.4) is 0 Å². The van der Waals surface area contributed by atoms with E-state index in [0.717, 1.165) is 25.7 Å². The molecule has 112 valence electrons. The van der Waals surface area contributed by atoms with E-state index in [1.54, 1.807) is 13.8 Å². The van der Waals surface area contributed by atoms with Crippen LogP contribution in [-0.4, -0.2) is 33.0 Å². The Kier molecular flexibility index (Phi) is 5.88. The molecule has 0 bridgehead atoms. The van der Waals surface area contributed by atoms with Crippen molar-refractivity contribution in [3.05, 3.63) is 0 Å². The van der Waals surface area contributed by atoms with Gasteiger partial charge in [0.25, 0.3) is 0 Å². The SMILES string of the molecule is CC(C)OC(=O)NS(=O)(=O)NCC1(CCl)CCCC1. The van der Waals surface area contributed by atoms with E-state index < -0.39 is 16.3 Å². The van der Waals surface area contributed by atoms with E-state index in [-0.39, 0.29) is 18.1 Å². The van der Waals surface area contributed by atoms with Crippen molar-refractivity contribution in [1.29, 1.82) is 0 Å². The number of hydrogen-bond acceptors (Lipinski definition) is 4. The first-order valence-electron chi connectivity index (χ1n) is 6.33. The maximum atomic E-state index is 11.7. The molecule has 1 amide bonds. The van der Waals surface area contributed by atoms with E-state index in [9.17, 15) is 13.2 Å². The first-order valence-corrected chi connectivity index (χ1v) is 8.34. The second kappa shape index (κ2) is 6.76. The van der Waals surface area contributed by atoms with Crippen LogP contribution in [0.15, 0.2) is 0 Å². The lowest BCUT2D eigenvalue weighted by Crippen LogP contribution is -2.45. The molecular weight excluding hydrogens is 292 g/mol. The Bertz CT molecular complexity index is 405. The molecule has 0 saturated heterocycles. The standard InChI is InChI=1S/C11H21ClN2O4S/c1-9(2)18-10(15)14-19(16,17)13-8-11(7-12)5-3-4-6-11/h9,13H,3-8H2,1-2H3,(H,14,15). The molecule has 0 aromatic rings. The summed E-state index contributed by atoms with van der Waals surface area (Å²) in [5, 5.41) is 0. The molecule has 1 aliphatic carbocycles. The molecule has 0 atom stereocenters. The van der Waals surface area contributed by atoms with Gasteiger partial charge in [-0.25, -0.2) is 9.52 Å². The lowest BCUT2D eigenvalue weighted by Gasteiger charge is -2.26. The molecule has 2 N–H and O–H groups in total. The van der Waals surface area contributed by atoms with Gasteiger partial charge < -0.3 is 4.74 Å². The molecule has 1 saturated carbocycles. The molecule has 0 aliphatic heterocycles. The summed E-state index contributed by atoms with van der Waals surface area (Å²) < 4.78 is 32.2. The molecule has 0 radical (unpaired) electrons. The number of carbonyl (C=O) groups excluding carboxylic acids is 1. The Morgan fingerprint density at radius 2 is 1.95 bits per heavy atom. The largest absolute Gasteiger partial charge is 0.446 e. The quantitative estimate of drug-likeness (QED) is 0.732. The zero-order chi connectivity index (χ0) is 14.5. The van der Waals surface area contributed by atoms with Gasteiger partial charge in [-0.2, -0.15) is 13.1 Å². The van der Waals surface area contributed by atoms with Crippen LogP contribution in [0, 0.1) is 5.41 Å². The Hall–Kier alpha value is -0.530. The molecule has 0 aromatic heterocycles. The molecule has 1 aliphatic rings. The van der Waals surface area contributed by atoms with Gasteiger partial charge in [0.1, 0.15) is 0 Å². The highest BCUT2D eigenvalue weighted by Gasteiger charge is 2.34. The minimum Gasteiger partial charge on any atom is -0.446 e. The summed E-state index contributed by atoms with van der Waals surface area (Å²) in [6.07, 6.45) is 2.55. The van der Waals surface area contributed by atoms with Crippen molar-refractivity contribution in [2.24, 2.45) is 5.41 Å². The van der Waals surface area contributed by atoms with Gasteiger partial charge in [0.2, 0.25) is 0 Å². The number of rotatable bonds is 6. The highest BCUT2D eigenvalue weighted by molar-refractivity contribution is 7.88. The predicted octanol–water partition coefficient (Wildman–Crippen LogP) is 1.75. The summed E-state index contributed by atoms with van der Waals surface area (Å²) in [5.74, 6) is 0.409. The number of nitrogens with one attached hydrogen (secondary N) is 2. The average Bonchev–Trinajstić information content (AvgIpc) is 2.74. The highest BCUT2D eigenvalue weighted by atomic mass is 35.5. The summed E-state index contributed by atoms with van der Waals surface area (Å²) in [6.45, 7) is 3.52. The minimum atomic E-state index is -3.90. The smallest absolute Gasteiger partial charge is 0.422 e. The summed E-state index contributed by atoms with van der Waals surface area (Å²) in [4.78, 5) is 11.2. The van der Waals surface area contributed by atoms with Gasteiger partial charge >= 0.3 is 16.3 Å². The molecule has 8 heteroatoms. The van der Waals surface area contributed by atoms with Gasteiger partial charge in [0.05, 0.1) is 6.10 Å². The van der Waals surface area contributed by atoms with Gasteiger partial charge in [-0.05, 0) is 32.1 Å². The van der Waals surface area contributed by atoms with E-state index in [4.69, 9.17) is 16.3 Å². The fourth-order valence-electron chi connectivity index (χ4n) is 2.11. The molecule has 19 heavy (non-hydrogen) atoms. The summed E-state index contributed by atoms with van der Waals surface area (Å²) in [7, 11) is -3.90. The van der Waals surface area contributed by atoms with Gasteiger partial charge in [0, 0.05) is 12.4 Å². The molecule has 1 rings (SSSR count). The Balaban J connectivity index is 2.48. The van der Waals surface area contributed by atoms with E-state index in [2.05, 4.69) is 4.72 Å². The van der Waals surface area contributed by atoms with Crippen molar-refractivity contribution in [3.8, 4) is 0 Å². The number of carbonyl (C=O) groups is 1. The molecule has 6 nitrogen and oxygen atoms in total. The first-order chi connectivity index (χ1) is 8.79. The summed E-state index contributed by atoms with van der Waals surface area (Å²) in [6, 6.07) is 0. The molecule has 0 aromatic carbocycles. The number of ether oxygens (including phenoxy) is 1. The Labute approximate surface area is 119 Å². The molecule has 0 heterocycles. The third kappa shape index (κ3) is 5.54. The fourth-order valence-corrected chi connectivity index (χ4v) is 3.31. The highest BCUT2D eigenvalue weighted by Crippen LogP contribution is 2.38. The number of amides is 1. The maximum absolute atomic E-state index is 11.7. The maximum Gasteiger partial charge on any atom is 0.422 e. The Morgan fingerprint density at radius 3 is 2.42 bits per heavy atom. The van der Waals surface area contributed by atoms with Crippen molar-refractivity contribution in [1.82, 2.24) is 9.44 Å². The zero-order valence-corrected chi connectivity index (χ0v) is 12.8. The number of hydrogen-bond donors (Lipinski definition) is 2. The van der Waals surface area contributed by atoms with E-state index in [1.807, 2.05) is 4.72 Å².